The molecule has 4 aromatic carbocycles. The number of aliphatic imine (C=N–C) groups is 1. The molecule has 1 aromatic heterocycles. The number of pyridine rings is 1. The highest BCUT2D eigenvalue weighted by atomic mass is 35.5. The van der Waals surface area contributed by atoms with Crippen LogP contribution in [-0.2, 0) is 10.0 Å². The Morgan fingerprint density at radius 1 is 1.00 bits per heavy atom. The first-order chi connectivity index (χ1) is 20.1. The Bertz CT molecular complexity index is 2060. The summed E-state index contributed by atoms with van der Waals surface area (Å²) in [6.07, 6.45) is 1.27. The highest BCUT2D eigenvalue weighted by molar-refractivity contribution is 7.92. The van der Waals surface area contributed by atoms with Crippen LogP contribution in [0.15, 0.2) is 106 Å². The Kier molecular flexibility index (Phi) is 7.66. The Hall–Kier alpha value is -5.20. The zero-order valence-electron chi connectivity index (χ0n) is 21.8. The van der Waals surface area contributed by atoms with Crippen LogP contribution in [0.4, 0.5) is 17.1 Å². The zero-order valence-corrected chi connectivity index (χ0v) is 23.3. The van der Waals surface area contributed by atoms with Gasteiger partial charge in [-0.2, -0.15) is 0 Å². The molecule has 5 rings (SSSR count). The van der Waals surface area contributed by atoms with E-state index in [-0.39, 0.29) is 43.6 Å². The highest BCUT2D eigenvalue weighted by Crippen LogP contribution is 2.31. The van der Waals surface area contributed by atoms with E-state index in [2.05, 4.69) is 9.71 Å². The van der Waals surface area contributed by atoms with E-state index in [9.17, 15) is 28.4 Å². The molecule has 1 heterocycles. The number of nitro groups is 1. The molecule has 0 bridgehead atoms. The third-order valence-electron chi connectivity index (χ3n) is 6.31. The van der Waals surface area contributed by atoms with Crippen LogP contribution in [0.5, 0.6) is 11.6 Å². The fourth-order valence-electron chi connectivity index (χ4n) is 4.31. The molecular weight excluding hydrogens is 584 g/mol. The number of hydrogen-bond donors (Lipinski definition) is 2. The van der Waals surface area contributed by atoms with E-state index >= 15 is 0 Å². The van der Waals surface area contributed by atoms with Gasteiger partial charge in [0.2, 0.25) is 5.88 Å². The van der Waals surface area contributed by atoms with Crippen LogP contribution < -0.4 is 15.0 Å². The SMILES string of the molecule is COc1ccccc1NS(=O)(=O)c1cccc(-n2c(O)c(C=Nc3ccc(Cl)c([N+](=O)[O-])c3)c3ccccc3c2=O)c1. The number of fused-ring (bicyclic) bond motifs is 1. The summed E-state index contributed by atoms with van der Waals surface area (Å²) in [5.41, 5.74) is -0.342. The summed E-state index contributed by atoms with van der Waals surface area (Å²) >= 11 is 5.90. The fraction of sp³-hybridized carbons (Fsp3) is 0.0345. The molecule has 0 amide bonds. The number of nitrogens with zero attached hydrogens (tertiary/aromatic N) is 3. The Morgan fingerprint density at radius 2 is 1.71 bits per heavy atom. The largest absolute Gasteiger partial charge is 0.495 e. The van der Waals surface area contributed by atoms with Gasteiger partial charge in [-0.25, -0.2) is 13.0 Å². The number of halogens is 1. The molecule has 0 saturated carbocycles. The van der Waals surface area contributed by atoms with Crippen molar-refractivity contribution in [1.82, 2.24) is 4.57 Å². The smallest absolute Gasteiger partial charge is 0.290 e. The number of benzene rings is 4. The van der Waals surface area contributed by atoms with Crippen LogP contribution in [-0.4, -0.2) is 36.3 Å². The van der Waals surface area contributed by atoms with Crippen molar-refractivity contribution in [3.8, 4) is 17.3 Å². The number of nitro benzene ring substituents is 1. The van der Waals surface area contributed by atoms with Crippen LogP contribution in [0.2, 0.25) is 5.02 Å². The molecule has 0 aliphatic heterocycles. The molecule has 0 fully saturated rings. The van der Waals surface area contributed by atoms with Crippen LogP contribution in [0.25, 0.3) is 16.5 Å². The quantitative estimate of drug-likeness (QED) is 0.129. The summed E-state index contributed by atoms with van der Waals surface area (Å²) in [7, 11) is -2.72. The minimum Gasteiger partial charge on any atom is -0.495 e. The maximum atomic E-state index is 13.6. The lowest BCUT2D eigenvalue weighted by Crippen LogP contribution is -2.21. The van der Waals surface area contributed by atoms with E-state index in [1.165, 1.54) is 55.8 Å². The minimum absolute atomic E-state index is 0.0594. The molecular formula is C29H21ClN4O7S. The number of aromatic hydroxyl groups is 1. The summed E-state index contributed by atoms with van der Waals surface area (Å²) in [6.45, 7) is 0. The summed E-state index contributed by atoms with van der Waals surface area (Å²) in [4.78, 5) is 28.3. The number of rotatable bonds is 8. The van der Waals surface area contributed by atoms with Gasteiger partial charge in [-0.3, -0.25) is 24.6 Å². The molecule has 11 nitrogen and oxygen atoms in total. The number of aromatic nitrogens is 1. The number of sulfonamides is 1. The maximum absolute atomic E-state index is 13.6. The van der Waals surface area contributed by atoms with Crippen LogP contribution >= 0.6 is 11.6 Å². The second kappa shape index (κ2) is 11.4. The number of hydrogen-bond acceptors (Lipinski definition) is 8. The van der Waals surface area contributed by atoms with Gasteiger partial charge in [0.15, 0.2) is 0 Å². The van der Waals surface area contributed by atoms with Gasteiger partial charge in [0.1, 0.15) is 10.8 Å². The average Bonchev–Trinajstić information content (AvgIpc) is 2.98. The van der Waals surface area contributed by atoms with E-state index in [1.54, 1.807) is 48.5 Å². The number of anilines is 1. The van der Waals surface area contributed by atoms with Gasteiger partial charge in [0.05, 0.1) is 39.6 Å². The molecule has 2 N–H and O–H groups in total. The Balaban J connectivity index is 1.63. The molecule has 0 aliphatic carbocycles. The van der Waals surface area contributed by atoms with Crippen molar-refractivity contribution >= 4 is 55.7 Å². The molecule has 0 saturated heterocycles. The van der Waals surface area contributed by atoms with Gasteiger partial charge in [0.25, 0.3) is 21.3 Å². The fourth-order valence-corrected chi connectivity index (χ4v) is 5.61. The first kappa shape index (κ1) is 28.3. The number of nitrogens with one attached hydrogen (secondary N) is 1. The lowest BCUT2D eigenvalue weighted by Gasteiger charge is -2.15. The monoisotopic (exact) mass is 604 g/mol. The van der Waals surface area contributed by atoms with E-state index in [1.807, 2.05) is 0 Å². The normalized spacial score (nSPS) is 11.6. The molecule has 0 radical (unpaired) electrons. The average molecular weight is 605 g/mol. The van der Waals surface area contributed by atoms with E-state index in [4.69, 9.17) is 16.3 Å². The first-order valence-corrected chi connectivity index (χ1v) is 14.1. The second-order valence-corrected chi connectivity index (χ2v) is 11.0. The predicted molar refractivity (Wildman–Crippen MR) is 160 cm³/mol. The summed E-state index contributed by atoms with van der Waals surface area (Å²) < 4.78 is 35.2. The summed E-state index contributed by atoms with van der Waals surface area (Å²) in [5.74, 6) is -0.200. The number of ether oxygens (including phenoxy) is 1. The standard InChI is InChI=1S/C29H21ClN4O7S/c1-41-27-12-5-4-11-25(27)32-42(39,40)20-8-6-7-19(16-20)33-28(35)22-10-3-2-9-21(22)23(29(33)36)17-31-18-13-14-24(30)26(15-18)34(37)38/h2-17,32,36H,1H3. The van der Waals surface area contributed by atoms with E-state index < -0.39 is 26.4 Å². The van der Waals surface area contributed by atoms with Crippen molar-refractivity contribution in [2.45, 2.75) is 4.90 Å². The zero-order chi connectivity index (χ0) is 30.0. The summed E-state index contributed by atoms with van der Waals surface area (Å²) in [5, 5.41) is 23.2. The third-order valence-corrected chi connectivity index (χ3v) is 7.99. The maximum Gasteiger partial charge on any atom is 0.290 e. The van der Waals surface area contributed by atoms with E-state index in [0.29, 0.717) is 11.1 Å². The molecule has 212 valence electrons. The predicted octanol–water partition coefficient (Wildman–Crippen LogP) is 5.82. The second-order valence-electron chi connectivity index (χ2n) is 8.88. The van der Waals surface area contributed by atoms with Crippen molar-refractivity contribution in [2.75, 3.05) is 11.8 Å². The minimum atomic E-state index is -4.13. The van der Waals surface area contributed by atoms with Gasteiger partial charge < -0.3 is 9.84 Å². The van der Waals surface area contributed by atoms with Crippen molar-refractivity contribution in [3.63, 3.8) is 0 Å². The molecule has 5 aromatic rings. The van der Waals surface area contributed by atoms with E-state index in [0.717, 1.165) is 4.57 Å². The van der Waals surface area contributed by atoms with Gasteiger partial charge >= 0.3 is 0 Å². The highest BCUT2D eigenvalue weighted by Gasteiger charge is 2.21. The van der Waals surface area contributed by atoms with Gasteiger partial charge in [0, 0.05) is 23.1 Å². The number of methoxy groups -OCH3 is 1. The van der Waals surface area contributed by atoms with Crippen molar-refractivity contribution < 1.29 is 23.2 Å². The molecule has 0 aliphatic rings. The number of para-hydroxylation sites is 2. The molecule has 0 unspecified atom stereocenters. The van der Waals surface area contributed by atoms with Gasteiger partial charge in [-0.1, -0.05) is 48.0 Å². The summed E-state index contributed by atoms with van der Waals surface area (Å²) in [6, 6.07) is 22.5. The van der Waals surface area contributed by atoms with Crippen molar-refractivity contribution in [1.29, 1.82) is 0 Å². The lowest BCUT2D eigenvalue weighted by atomic mass is 10.1. The third kappa shape index (κ3) is 5.40. The van der Waals surface area contributed by atoms with Crippen molar-refractivity contribution in [3.05, 3.63) is 122 Å². The van der Waals surface area contributed by atoms with Gasteiger partial charge in [-0.15, -0.1) is 0 Å². The topological polar surface area (TPSA) is 153 Å². The molecule has 0 atom stereocenters. The Morgan fingerprint density at radius 3 is 2.45 bits per heavy atom. The van der Waals surface area contributed by atoms with Gasteiger partial charge in [-0.05, 0) is 48.5 Å². The van der Waals surface area contributed by atoms with Crippen molar-refractivity contribution in [2.24, 2.45) is 4.99 Å². The lowest BCUT2D eigenvalue weighted by molar-refractivity contribution is -0.384. The van der Waals surface area contributed by atoms with Crippen LogP contribution in [0.3, 0.4) is 0 Å². The Labute approximate surface area is 244 Å². The molecule has 13 heteroatoms. The molecule has 42 heavy (non-hydrogen) atoms. The first-order valence-electron chi connectivity index (χ1n) is 12.2. The van der Waals surface area contributed by atoms with Crippen LogP contribution in [0.1, 0.15) is 5.56 Å². The van der Waals surface area contributed by atoms with Crippen LogP contribution in [0, 0.1) is 10.1 Å². The molecule has 0 spiro atoms.